The van der Waals surface area contributed by atoms with Crippen LogP contribution in [0.15, 0.2) is 29.3 Å². The summed E-state index contributed by atoms with van der Waals surface area (Å²) in [5.74, 6) is -14.5. The second kappa shape index (κ2) is 40.9. The highest BCUT2D eigenvalue weighted by atomic mass is 16.4. The summed E-state index contributed by atoms with van der Waals surface area (Å²) in [5, 5.41) is 70.5. The zero-order valence-corrected chi connectivity index (χ0v) is 49.7. The van der Waals surface area contributed by atoms with Crippen LogP contribution in [-0.2, 0) is 64.0 Å². The Morgan fingerprint density at radius 2 is 0.954 bits per heavy atom. The number of carboxylic acids is 2. The van der Waals surface area contributed by atoms with Gasteiger partial charge in [-0.1, -0.05) is 46.2 Å². The molecular formula is C54H92N16O17. The maximum atomic E-state index is 14.5. The molecule has 87 heavy (non-hydrogen) atoms. The minimum absolute atomic E-state index is 0.0105. The minimum Gasteiger partial charge on any atom is -0.508 e. The van der Waals surface area contributed by atoms with E-state index in [0.717, 1.165) is 0 Å². The molecule has 0 aliphatic carbocycles. The van der Waals surface area contributed by atoms with Gasteiger partial charge in [-0.05, 0) is 107 Å². The van der Waals surface area contributed by atoms with Crippen molar-refractivity contribution in [1.29, 1.82) is 0 Å². The Morgan fingerprint density at radius 3 is 1.43 bits per heavy atom. The lowest BCUT2D eigenvalue weighted by atomic mass is 9.96. The highest BCUT2D eigenvalue weighted by Gasteiger charge is 2.37. The van der Waals surface area contributed by atoms with E-state index in [0.29, 0.717) is 24.8 Å². The Morgan fingerprint density at radius 1 is 0.517 bits per heavy atom. The first-order valence-corrected chi connectivity index (χ1v) is 28.7. The molecule has 0 saturated carbocycles. The topological polar surface area (TPSA) is 583 Å². The van der Waals surface area contributed by atoms with Gasteiger partial charge in [0.1, 0.15) is 66.2 Å². The number of aliphatic carboxylic acids is 2. The Balaban J connectivity index is 3.74. The van der Waals surface area contributed by atoms with Crippen LogP contribution in [-0.4, -0.2) is 196 Å². The first-order chi connectivity index (χ1) is 41.0. The van der Waals surface area contributed by atoms with E-state index in [4.69, 9.17) is 34.4 Å². The summed E-state index contributed by atoms with van der Waals surface area (Å²) >= 11 is 0. The summed E-state index contributed by atoms with van der Waals surface area (Å²) in [4.78, 5) is 165. The van der Waals surface area contributed by atoms with Crippen LogP contribution in [0.3, 0.4) is 0 Å². The molecular weight excluding hydrogens is 1140 g/mol. The number of carboxylic acid groups (broad SMARTS) is 2. The number of rotatable bonds is 44. The van der Waals surface area contributed by atoms with Crippen molar-refractivity contribution < 1.29 is 83.1 Å². The standard InChI is InChI=1S/C54H92N16O17/c1-5-29(4)43(52(85)68-37(23-28(2)3)48(81)64-35(18-19-42(75)76)47(80)65-36(53(86)87)12-7-9-21-56)70-50(83)39(25-41(58)74)67-46(79)34(13-10-22-61-54(59)60)62-49(82)38(24-30-14-16-31(73)17-15-30)66-45(78)33(11-6-8-20-55)63-51(84)40(27-72)69-44(77)32(57)26-71/h14-17,28-29,32-40,43,71-73H,5-13,18-27,55-57H2,1-4H3,(H2,58,74)(H,62,82)(H,63,84)(H,64,81)(H,65,80)(H,66,78)(H,67,79)(H,68,85)(H,69,77)(H,70,83)(H,75,76)(H,86,87)(H4,59,60,61)/t29-,32-,33-,34-,35-,36-,37-,38-,39-,40-,43-/m0/s1. The maximum Gasteiger partial charge on any atom is 0.326 e. The van der Waals surface area contributed by atoms with Crippen LogP contribution in [0.25, 0.3) is 0 Å². The number of carbonyl (C=O) groups excluding carboxylic acids is 10. The van der Waals surface area contributed by atoms with Crippen molar-refractivity contribution in [3.8, 4) is 5.75 Å². The van der Waals surface area contributed by atoms with Gasteiger partial charge in [0.05, 0.1) is 19.6 Å². The number of guanidine groups is 1. The second-order valence-corrected chi connectivity index (χ2v) is 21.3. The van der Waals surface area contributed by atoms with Crippen molar-refractivity contribution in [3.63, 3.8) is 0 Å². The highest BCUT2D eigenvalue weighted by Crippen LogP contribution is 2.16. The third-order valence-corrected chi connectivity index (χ3v) is 13.5. The van der Waals surface area contributed by atoms with E-state index in [1.807, 2.05) is 0 Å². The molecule has 33 heteroatoms. The number of phenolic OH excluding ortho intramolecular Hbond substituents is 1. The fourth-order valence-corrected chi connectivity index (χ4v) is 8.42. The van der Waals surface area contributed by atoms with Crippen LogP contribution in [0.1, 0.15) is 117 Å². The van der Waals surface area contributed by atoms with E-state index >= 15 is 0 Å². The van der Waals surface area contributed by atoms with Gasteiger partial charge in [-0.15, -0.1) is 0 Å². The Labute approximate surface area is 504 Å². The van der Waals surface area contributed by atoms with Crippen molar-refractivity contribution in [3.05, 3.63) is 29.8 Å². The molecule has 11 atom stereocenters. The van der Waals surface area contributed by atoms with E-state index in [2.05, 4.69) is 52.8 Å². The molecule has 0 spiro atoms. The van der Waals surface area contributed by atoms with E-state index in [-0.39, 0.29) is 88.6 Å². The van der Waals surface area contributed by atoms with Crippen LogP contribution in [0.2, 0.25) is 0 Å². The third-order valence-electron chi connectivity index (χ3n) is 13.5. The number of nitrogens with two attached hydrogens (primary N) is 6. The van der Waals surface area contributed by atoms with Crippen molar-refractivity contribution in [1.82, 2.24) is 47.9 Å². The fourth-order valence-electron chi connectivity index (χ4n) is 8.42. The summed E-state index contributed by atoms with van der Waals surface area (Å²) in [6, 6.07) is -10.1. The van der Waals surface area contributed by atoms with Gasteiger partial charge in [0, 0.05) is 19.4 Å². The number of aliphatic hydroxyl groups is 2. The number of nitrogens with one attached hydrogen (secondary N) is 9. The number of benzene rings is 1. The average molecular weight is 1240 g/mol. The summed E-state index contributed by atoms with van der Waals surface area (Å²) in [6.45, 7) is 5.25. The molecule has 0 heterocycles. The molecule has 0 fully saturated rings. The van der Waals surface area contributed by atoms with E-state index in [9.17, 15) is 83.1 Å². The zero-order valence-electron chi connectivity index (χ0n) is 49.7. The van der Waals surface area contributed by atoms with E-state index < -0.39 is 170 Å². The molecule has 0 aromatic heterocycles. The molecule has 0 radical (unpaired) electrons. The number of nitrogens with zero attached hydrogens (tertiary/aromatic N) is 1. The molecule has 0 bridgehead atoms. The van der Waals surface area contributed by atoms with Gasteiger partial charge in [0.2, 0.25) is 59.1 Å². The number of carbonyl (C=O) groups is 12. The van der Waals surface area contributed by atoms with Gasteiger partial charge < -0.3 is 108 Å². The predicted octanol–water partition coefficient (Wildman–Crippen LogP) is -6.16. The number of aromatic hydroxyl groups is 1. The number of hydrogen-bond donors (Lipinski definition) is 20. The molecule has 1 aromatic carbocycles. The molecule has 0 aliphatic rings. The van der Waals surface area contributed by atoms with Crippen LogP contribution >= 0.6 is 0 Å². The quantitative estimate of drug-likeness (QED) is 0.0164. The number of aliphatic imine (C=N–C) groups is 1. The Bertz CT molecular complexity index is 2470. The van der Waals surface area contributed by atoms with Crippen LogP contribution in [0.4, 0.5) is 0 Å². The van der Waals surface area contributed by atoms with Gasteiger partial charge >= 0.3 is 11.9 Å². The van der Waals surface area contributed by atoms with Crippen molar-refractivity contribution in [2.45, 2.75) is 178 Å². The number of unbranched alkanes of at least 4 members (excludes halogenated alkanes) is 2. The minimum atomic E-state index is -1.85. The van der Waals surface area contributed by atoms with Crippen LogP contribution in [0.5, 0.6) is 5.75 Å². The average Bonchev–Trinajstić information content (AvgIpc) is 3.37. The van der Waals surface area contributed by atoms with Crippen molar-refractivity contribution in [2.24, 2.45) is 51.2 Å². The smallest absolute Gasteiger partial charge is 0.326 e. The molecule has 0 aliphatic heterocycles. The third kappa shape index (κ3) is 30.1. The SMILES string of the molecule is CC[C@H](C)[C@H](NC(=O)[C@H](CC(N)=O)NC(=O)[C@H](CCCN=C(N)N)NC(=O)[C@H](Cc1ccc(O)cc1)NC(=O)[C@H](CCCCN)NC(=O)[C@H](CO)NC(=O)[C@@H](N)CO)C(=O)N[C@@H](CC(C)C)C(=O)N[C@@H](CCC(=O)O)C(=O)N[C@@H](CCCCN)C(=O)O. The predicted molar refractivity (Wildman–Crippen MR) is 314 cm³/mol. The monoisotopic (exact) mass is 1240 g/mol. The molecule has 0 saturated heterocycles. The number of primary amides is 1. The molecule has 1 aromatic rings. The summed E-state index contributed by atoms with van der Waals surface area (Å²) in [5.41, 5.74) is 33.7. The second-order valence-electron chi connectivity index (χ2n) is 21.3. The Hall–Kier alpha value is -8.27. The van der Waals surface area contributed by atoms with Gasteiger partial charge in [-0.25, -0.2) is 4.79 Å². The highest BCUT2D eigenvalue weighted by molar-refractivity contribution is 5.99. The van der Waals surface area contributed by atoms with Crippen molar-refractivity contribution >= 4 is 77.0 Å². The first kappa shape index (κ1) is 76.7. The number of amides is 10. The lowest BCUT2D eigenvalue weighted by Gasteiger charge is -2.30. The van der Waals surface area contributed by atoms with Gasteiger partial charge in [-0.3, -0.25) is 57.7 Å². The number of aliphatic hydroxyl groups excluding tert-OH is 2. The summed E-state index contributed by atoms with van der Waals surface area (Å²) in [7, 11) is 0. The van der Waals surface area contributed by atoms with Gasteiger partial charge in [0.25, 0.3) is 0 Å². The molecule has 490 valence electrons. The molecule has 0 unspecified atom stereocenters. The molecule has 26 N–H and O–H groups in total. The lowest BCUT2D eigenvalue weighted by Crippen LogP contribution is -2.62. The fraction of sp³-hybridized carbons (Fsp3) is 0.648. The summed E-state index contributed by atoms with van der Waals surface area (Å²) in [6.07, 6.45) is -1.12. The van der Waals surface area contributed by atoms with E-state index in [1.54, 1.807) is 27.7 Å². The normalized spacial score (nSPS) is 14.9. The van der Waals surface area contributed by atoms with Gasteiger partial charge in [-0.2, -0.15) is 0 Å². The lowest BCUT2D eigenvalue weighted by molar-refractivity contribution is -0.143. The molecule has 1 rings (SSSR count). The zero-order chi connectivity index (χ0) is 65.9. The first-order valence-electron chi connectivity index (χ1n) is 28.7. The molecule has 10 amide bonds. The van der Waals surface area contributed by atoms with Crippen molar-refractivity contribution in [2.75, 3.05) is 32.8 Å². The number of phenols is 1. The summed E-state index contributed by atoms with van der Waals surface area (Å²) < 4.78 is 0. The van der Waals surface area contributed by atoms with Crippen LogP contribution in [0, 0.1) is 11.8 Å². The maximum absolute atomic E-state index is 14.5. The van der Waals surface area contributed by atoms with Gasteiger partial charge in [0.15, 0.2) is 5.96 Å². The largest absolute Gasteiger partial charge is 0.508 e. The number of hydrogen-bond acceptors (Lipinski definition) is 19. The van der Waals surface area contributed by atoms with Crippen LogP contribution < -0.4 is 82.3 Å². The Kier molecular flexibility index (Phi) is 36.1. The molecule has 33 nitrogen and oxygen atoms in total. The van der Waals surface area contributed by atoms with E-state index in [1.165, 1.54) is 24.3 Å².